The molecule has 0 saturated heterocycles. The van der Waals surface area contributed by atoms with E-state index in [9.17, 15) is 9.59 Å². The van der Waals surface area contributed by atoms with E-state index < -0.39 is 11.7 Å². The van der Waals surface area contributed by atoms with Gasteiger partial charge in [0.2, 0.25) is 0 Å². The summed E-state index contributed by atoms with van der Waals surface area (Å²) in [6.07, 6.45) is 6.06. The number of amides is 2. The Bertz CT molecular complexity index is 1130. The van der Waals surface area contributed by atoms with Crippen LogP contribution in [0.5, 0.6) is 0 Å². The normalized spacial score (nSPS) is 13.2. The van der Waals surface area contributed by atoms with Gasteiger partial charge < -0.3 is 14.5 Å². The number of para-hydroxylation sites is 1. The van der Waals surface area contributed by atoms with Crippen LogP contribution in [0, 0.1) is 0 Å². The molecule has 0 radical (unpaired) electrons. The smallest absolute Gasteiger partial charge is 0.410 e. The molecule has 206 valence electrons. The summed E-state index contributed by atoms with van der Waals surface area (Å²) in [6.45, 7) is 10.7. The molecule has 38 heavy (non-hydrogen) atoms. The van der Waals surface area contributed by atoms with Gasteiger partial charge in [-0.3, -0.25) is 9.63 Å². The van der Waals surface area contributed by atoms with Crippen molar-refractivity contribution in [2.75, 3.05) is 24.5 Å². The van der Waals surface area contributed by atoms with Crippen LogP contribution >= 0.6 is 11.6 Å². The van der Waals surface area contributed by atoms with E-state index in [1.165, 1.54) is 22.9 Å². The van der Waals surface area contributed by atoms with Gasteiger partial charge in [0.05, 0.1) is 6.10 Å². The van der Waals surface area contributed by atoms with Gasteiger partial charge in [0.25, 0.3) is 5.91 Å². The molecule has 0 saturated carbocycles. The quantitative estimate of drug-likeness (QED) is 0.208. The lowest BCUT2D eigenvalue weighted by molar-refractivity contribution is -0.131. The van der Waals surface area contributed by atoms with Crippen molar-refractivity contribution in [2.24, 2.45) is 0 Å². The van der Waals surface area contributed by atoms with E-state index in [0.29, 0.717) is 6.54 Å². The summed E-state index contributed by atoms with van der Waals surface area (Å²) in [5.74, 6) is -0.375. The Morgan fingerprint density at radius 1 is 1.08 bits per heavy atom. The van der Waals surface area contributed by atoms with Gasteiger partial charge >= 0.3 is 6.09 Å². The Balaban J connectivity index is 1.66. The number of carbonyl (C=O) groups is 2. The zero-order valence-corrected chi connectivity index (χ0v) is 23.9. The monoisotopic (exact) mass is 541 g/mol. The van der Waals surface area contributed by atoms with Crippen molar-refractivity contribution in [3.8, 4) is 0 Å². The molecule has 1 aliphatic rings. The number of carbonyl (C=O) groups excluding carboxylic acids is 2. The molecule has 0 unspecified atom stereocenters. The Kier molecular flexibility index (Phi) is 10.6. The first-order valence-corrected chi connectivity index (χ1v) is 13.7. The third-order valence-corrected chi connectivity index (χ3v) is 6.22. The van der Waals surface area contributed by atoms with Gasteiger partial charge in [-0.15, -0.1) is 0 Å². The molecule has 0 fully saturated rings. The Labute approximate surface area is 231 Å². The first-order chi connectivity index (χ1) is 18.0. The van der Waals surface area contributed by atoms with Gasteiger partial charge in [0, 0.05) is 42.1 Å². The van der Waals surface area contributed by atoms with Gasteiger partial charge in [-0.05, 0) is 89.6 Å². The van der Waals surface area contributed by atoms with Crippen molar-refractivity contribution >= 4 is 35.0 Å². The number of hydrogen-bond acceptors (Lipinski definition) is 5. The standard InChI is InChI=1S/C30H40ClN3O4/c1-22(2)38-32-28(35)13-10-19-33(29(36)37-30(3,4)5)18-8-9-20-34-26-12-7-6-11-23(26)14-15-24-16-17-25(31)21-27(24)34/h6-7,10-13,16-17,21-22H,8-9,14-15,18-20H2,1-5H3,(H,32,35)/b13-10+. The molecule has 0 spiro atoms. The van der Waals surface area contributed by atoms with E-state index in [1.54, 1.807) is 11.0 Å². The molecular formula is C30H40ClN3O4. The number of ether oxygens (including phenoxy) is 1. The fourth-order valence-corrected chi connectivity index (χ4v) is 4.44. The number of anilines is 2. The molecule has 1 aliphatic heterocycles. The van der Waals surface area contributed by atoms with E-state index in [0.717, 1.165) is 42.9 Å². The van der Waals surface area contributed by atoms with Gasteiger partial charge in [0.15, 0.2) is 0 Å². The van der Waals surface area contributed by atoms with Gasteiger partial charge in [0.1, 0.15) is 5.60 Å². The lowest BCUT2D eigenvalue weighted by Gasteiger charge is -2.29. The molecule has 0 aromatic heterocycles. The van der Waals surface area contributed by atoms with Crippen molar-refractivity contribution in [1.29, 1.82) is 0 Å². The van der Waals surface area contributed by atoms with E-state index in [1.807, 2.05) is 46.8 Å². The average molecular weight is 542 g/mol. The highest BCUT2D eigenvalue weighted by Crippen LogP contribution is 2.37. The fraction of sp³-hybridized carbons (Fsp3) is 0.467. The Hall–Kier alpha value is -3.03. The van der Waals surface area contributed by atoms with Crippen LogP contribution in [0.1, 0.15) is 58.6 Å². The van der Waals surface area contributed by atoms with E-state index in [4.69, 9.17) is 21.2 Å². The highest BCUT2D eigenvalue weighted by atomic mass is 35.5. The van der Waals surface area contributed by atoms with Crippen LogP contribution in [0.3, 0.4) is 0 Å². The number of nitrogens with one attached hydrogen (secondary N) is 1. The molecular weight excluding hydrogens is 502 g/mol. The maximum absolute atomic E-state index is 12.9. The molecule has 2 aromatic carbocycles. The predicted molar refractivity (Wildman–Crippen MR) is 153 cm³/mol. The SMILES string of the molecule is CC(C)ONC(=O)/C=C/CN(CCCCN1c2ccccc2CCc2ccc(Cl)cc21)C(=O)OC(C)(C)C. The van der Waals surface area contributed by atoms with Gasteiger partial charge in [-0.25, -0.2) is 10.3 Å². The molecule has 0 bridgehead atoms. The Morgan fingerprint density at radius 2 is 1.79 bits per heavy atom. The number of unbranched alkanes of at least 4 members (excludes halogenated alkanes) is 1. The summed E-state index contributed by atoms with van der Waals surface area (Å²) in [7, 11) is 0. The molecule has 7 nitrogen and oxygen atoms in total. The van der Waals surface area contributed by atoms with Crippen LogP contribution in [0.25, 0.3) is 0 Å². The molecule has 0 aliphatic carbocycles. The van der Waals surface area contributed by atoms with E-state index >= 15 is 0 Å². The fourth-order valence-electron chi connectivity index (χ4n) is 4.28. The topological polar surface area (TPSA) is 71.1 Å². The van der Waals surface area contributed by atoms with Crippen molar-refractivity contribution in [3.63, 3.8) is 0 Å². The van der Waals surface area contributed by atoms with Crippen LogP contribution in [0.4, 0.5) is 16.2 Å². The minimum atomic E-state index is -0.611. The third kappa shape index (κ3) is 9.07. The minimum Gasteiger partial charge on any atom is -0.444 e. The van der Waals surface area contributed by atoms with Crippen molar-refractivity contribution < 1.29 is 19.2 Å². The molecule has 0 atom stereocenters. The van der Waals surface area contributed by atoms with Crippen LogP contribution in [-0.2, 0) is 27.2 Å². The van der Waals surface area contributed by atoms with Crippen LogP contribution < -0.4 is 10.4 Å². The largest absolute Gasteiger partial charge is 0.444 e. The number of rotatable bonds is 10. The third-order valence-electron chi connectivity index (χ3n) is 5.99. The predicted octanol–water partition coefficient (Wildman–Crippen LogP) is 6.61. The molecule has 1 N–H and O–H groups in total. The minimum absolute atomic E-state index is 0.121. The summed E-state index contributed by atoms with van der Waals surface area (Å²) >= 11 is 6.39. The number of nitrogens with zero attached hydrogens (tertiary/aromatic N) is 2. The number of fused-ring (bicyclic) bond motifs is 2. The number of halogens is 1. The maximum atomic E-state index is 12.9. The average Bonchev–Trinajstić information content (AvgIpc) is 2.99. The van der Waals surface area contributed by atoms with Gasteiger partial charge in [-0.1, -0.05) is 41.9 Å². The summed E-state index contributed by atoms with van der Waals surface area (Å²) in [4.78, 5) is 33.9. The van der Waals surface area contributed by atoms with E-state index in [-0.39, 0.29) is 18.6 Å². The zero-order chi connectivity index (χ0) is 27.7. The van der Waals surface area contributed by atoms with Crippen LogP contribution in [0.2, 0.25) is 5.02 Å². The summed E-state index contributed by atoms with van der Waals surface area (Å²) in [5, 5.41) is 0.721. The summed E-state index contributed by atoms with van der Waals surface area (Å²) < 4.78 is 5.61. The van der Waals surface area contributed by atoms with Crippen LogP contribution in [-0.4, -0.2) is 48.2 Å². The van der Waals surface area contributed by atoms with Gasteiger partial charge in [-0.2, -0.15) is 0 Å². The van der Waals surface area contributed by atoms with Crippen molar-refractivity contribution in [1.82, 2.24) is 10.4 Å². The Morgan fingerprint density at radius 3 is 2.50 bits per heavy atom. The first-order valence-electron chi connectivity index (χ1n) is 13.3. The summed E-state index contributed by atoms with van der Waals surface area (Å²) in [6, 6.07) is 14.6. The van der Waals surface area contributed by atoms with Crippen LogP contribution in [0.15, 0.2) is 54.6 Å². The number of hydrogen-bond donors (Lipinski definition) is 1. The number of aryl methyl sites for hydroxylation is 2. The zero-order valence-electron chi connectivity index (χ0n) is 23.1. The highest BCUT2D eigenvalue weighted by molar-refractivity contribution is 6.30. The second-order valence-corrected chi connectivity index (χ2v) is 11.2. The number of hydroxylamine groups is 1. The molecule has 8 heteroatoms. The lowest BCUT2D eigenvalue weighted by atomic mass is 10.0. The number of benzene rings is 2. The lowest BCUT2D eigenvalue weighted by Crippen LogP contribution is -2.38. The highest BCUT2D eigenvalue weighted by Gasteiger charge is 2.23. The summed E-state index contributed by atoms with van der Waals surface area (Å²) in [5.41, 5.74) is 6.70. The molecule has 2 amide bonds. The maximum Gasteiger partial charge on any atom is 0.410 e. The molecule has 1 heterocycles. The molecule has 3 rings (SSSR count). The van der Waals surface area contributed by atoms with Crippen molar-refractivity contribution in [2.45, 2.75) is 72.0 Å². The molecule has 2 aromatic rings. The van der Waals surface area contributed by atoms with E-state index in [2.05, 4.69) is 40.7 Å². The second kappa shape index (κ2) is 13.7. The second-order valence-electron chi connectivity index (χ2n) is 10.7. The van der Waals surface area contributed by atoms with Crippen molar-refractivity contribution in [3.05, 3.63) is 70.8 Å². The first kappa shape index (κ1) is 29.5.